The van der Waals surface area contributed by atoms with Crippen LogP contribution in [-0.4, -0.2) is 28.7 Å². The standard InChI is InChI=1S/C16H30BrNO/c1-4-5-6-14-7-9-15(10-8-14)16(19)18(12-11-17)13(2)3/h13-15H,4-12H2,1-3H3. The van der Waals surface area contributed by atoms with Gasteiger partial charge in [0.2, 0.25) is 5.91 Å². The van der Waals surface area contributed by atoms with E-state index in [1.807, 2.05) is 4.90 Å². The van der Waals surface area contributed by atoms with Gasteiger partial charge in [0.15, 0.2) is 0 Å². The molecule has 0 bridgehead atoms. The molecule has 0 aromatic rings. The molecule has 0 heterocycles. The van der Waals surface area contributed by atoms with Crippen molar-refractivity contribution in [3.05, 3.63) is 0 Å². The van der Waals surface area contributed by atoms with E-state index in [2.05, 4.69) is 36.7 Å². The zero-order chi connectivity index (χ0) is 14.3. The van der Waals surface area contributed by atoms with Crippen LogP contribution in [0, 0.1) is 11.8 Å². The van der Waals surface area contributed by atoms with E-state index in [1.165, 1.54) is 32.1 Å². The van der Waals surface area contributed by atoms with Crippen molar-refractivity contribution in [1.82, 2.24) is 4.90 Å². The summed E-state index contributed by atoms with van der Waals surface area (Å²) in [5, 5.41) is 0.878. The molecule has 19 heavy (non-hydrogen) atoms. The van der Waals surface area contributed by atoms with E-state index in [4.69, 9.17) is 0 Å². The number of hydrogen-bond acceptors (Lipinski definition) is 1. The van der Waals surface area contributed by atoms with E-state index in [0.717, 1.165) is 30.6 Å². The summed E-state index contributed by atoms with van der Waals surface area (Å²) in [6, 6.07) is 0.322. The molecule has 2 nitrogen and oxygen atoms in total. The van der Waals surface area contributed by atoms with Gasteiger partial charge < -0.3 is 4.90 Å². The summed E-state index contributed by atoms with van der Waals surface area (Å²) in [5.74, 6) is 1.57. The van der Waals surface area contributed by atoms with Gasteiger partial charge in [0.25, 0.3) is 0 Å². The van der Waals surface area contributed by atoms with Crippen molar-refractivity contribution in [3.63, 3.8) is 0 Å². The Balaban J connectivity index is 2.42. The minimum absolute atomic E-state index is 0.291. The molecule has 112 valence electrons. The number of carbonyl (C=O) groups excluding carboxylic acids is 1. The van der Waals surface area contributed by atoms with Crippen molar-refractivity contribution in [2.75, 3.05) is 11.9 Å². The number of carbonyl (C=O) groups is 1. The van der Waals surface area contributed by atoms with Crippen LogP contribution in [0.3, 0.4) is 0 Å². The quantitative estimate of drug-likeness (QED) is 0.623. The van der Waals surface area contributed by atoms with Crippen LogP contribution in [-0.2, 0) is 4.79 Å². The van der Waals surface area contributed by atoms with Gasteiger partial charge in [-0.05, 0) is 45.4 Å². The highest BCUT2D eigenvalue weighted by Gasteiger charge is 2.29. The molecule has 1 amide bonds. The Bertz CT molecular complexity index is 259. The second kappa shape index (κ2) is 8.99. The first-order valence-electron chi connectivity index (χ1n) is 7.96. The number of rotatable bonds is 7. The van der Waals surface area contributed by atoms with E-state index < -0.39 is 0 Å². The Hall–Kier alpha value is -0.0500. The van der Waals surface area contributed by atoms with Gasteiger partial charge in [-0.3, -0.25) is 4.79 Å². The number of hydrogen-bond donors (Lipinski definition) is 0. The van der Waals surface area contributed by atoms with Gasteiger partial charge in [0.05, 0.1) is 0 Å². The second-order valence-corrected chi connectivity index (χ2v) is 6.97. The van der Waals surface area contributed by atoms with Crippen molar-refractivity contribution >= 4 is 21.8 Å². The molecule has 0 aromatic carbocycles. The van der Waals surface area contributed by atoms with E-state index in [1.54, 1.807) is 0 Å². The molecule has 0 saturated heterocycles. The lowest BCUT2D eigenvalue weighted by Gasteiger charge is -2.34. The molecule has 0 aliphatic heterocycles. The maximum atomic E-state index is 12.6. The van der Waals surface area contributed by atoms with E-state index in [9.17, 15) is 4.79 Å². The maximum absolute atomic E-state index is 12.6. The summed E-state index contributed by atoms with van der Waals surface area (Å²) in [6.07, 6.45) is 8.76. The summed E-state index contributed by atoms with van der Waals surface area (Å²) in [5.41, 5.74) is 0. The molecule has 0 N–H and O–H groups in total. The lowest BCUT2D eigenvalue weighted by Crippen LogP contribution is -2.43. The highest BCUT2D eigenvalue weighted by atomic mass is 79.9. The van der Waals surface area contributed by atoms with Crippen molar-refractivity contribution in [1.29, 1.82) is 0 Å². The summed E-state index contributed by atoms with van der Waals surface area (Å²) in [7, 11) is 0. The molecule has 0 radical (unpaired) electrons. The number of unbranched alkanes of at least 4 members (excludes halogenated alkanes) is 1. The highest BCUT2D eigenvalue weighted by molar-refractivity contribution is 9.09. The number of halogens is 1. The zero-order valence-corrected chi connectivity index (χ0v) is 14.4. The van der Waals surface area contributed by atoms with Gasteiger partial charge in [0, 0.05) is 23.8 Å². The van der Waals surface area contributed by atoms with Crippen LogP contribution in [0.15, 0.2) is 0 Å². The van der Waals surface area contributed by atoms with Crippen LogP contribution in [0.2, 0.25) is 0 Å². The fraction of sp³-hybridized carbons (Fsp3) is 0.938. The normalized spacial score (nSPS) is 23.6. The molecule has 1 aliphatic rings. The van der Waals surface area contributed by atoms with E-state index >= 15 is 0 Å². The minimum Gasteiger partial charge on any atom is -0.339 e. The van der Waals surface area contributed by atoms with Crippen LogP contribution >= 0.6 is 15.9 Å². The fourth-order valence-corrected chi connectivity index (χ4v) is 3.52. The monoisotopic (exact) mass is 331 g/mol. The lowest BCUT2D eigenvalue weighted by atomic mass is 9.79. The topological polar surface area (TPSA) is 20.3 Å². The number of nitrogens with zero attached hydrogens (tertiary/aromatic N) is 1. The smallest absolute Gasteiger partial charge is 0.225 e. The summed E-state index contributed by atoms with van der Waals surface area (Å²) in [6.45, 7) is 7.34. The van der Waals surface area contributed by atoms with E-state index in [0.29, 0.717) is 17.9 Å². The number of alkyl halides is 1. The van der Waals surface area contributed by atoms with Crippen molar-refractivity contribution < 1.29 is 4.79 Å². The van der Waals surface area contributed by atoms with Gasteiger partial charge in [-0.15, -0.1) is 0 Å². The summed E-state index contributed by atoms with van der Waals surface area (Å²) >= 11 is 3.45. The maximum Gasteiger partial charge on any atom is 0.225 e. The van der Waals surface area contributed by atoms with Gasteiger partial charge in [0.1, 0.15) is 0 Å². The zero-order valence-electron chi connectivity index (χ0n) is 12.8. The summed E-state index contributed by atoms with van der Waals surface area (Å²) < 4.78 is 0. The van der Waals surface area contributed by atoms with Gasteiger partial charge >= 0.3 is 0 Å². The van der Waals surface area contributed by atoms with Crippen LogP contribution in [0.4, 0.5) is 0 Å². The van der Waals surface area contributed by atoms with Crippen molar-refractivity contribution in [3.8, 4) is 0 Å². The van der Waals surface area contributed by atoms with Crippen LogP contribution < -0.4 is 0 Å². The average molecular weight is 332 g/mol. The SMILES string of the molecule is CCCCC1CCC(C(=O)N(CCBr)C(C)C)CC1. The average Bonchev–Trinajstić information content (AvgIpc) is 2.42. The van der Waals surface area contributed by atoms with Crippen molar-refractivity contribution in [2.45, 2.75) is 71.8 Å². The first-order chi connectivity index (χ1) is 9.10. The van der Waals surface area contributed by atoms with Gasteiger partial charge in [-0.25, -0.2) is 0 Å². The van der Waals surface area contributed by atoms with Crippen LogP contribution in [0.1, 0.15) is 65.7 Å². The molecular weight excluding hydrogens is 302 g/mol. The van der Waals surface area contributed by atoms with E-state index in [-0.39, 0.29) is 0 Å². The third kappa shape index (κ3) is 5.45. The molecular formula is C16H30BrNO. The Morgan fingerprint density at radius 2 is 1.89 bits per heavy atom. The fourth-order valence-electron chi connectivity index (χ4n) is 3.14. The molecule has 0 unspecified atom stereocenters. The Morgan fingerprint density at radius 3 is 2.37 bits per heavy atom. The van der Waals surface area contributed by atoms with Crippen molar-refractivity contribution in [2.24, 2.45) is 11.8 Å². The first kappa shape index (κ1) is 17.0. The molecule has 1 aliphatic carbocycles. The summed E-state index contributed by atoms with van der Waals surface area (Å²) in [4.78, 5) is 14.6. The molecule has 0 aromatic heterocycles. The van der Waals surface area contributed by atoms with Crippen LogP contribution in [0.5, 0.6) is 0 Å². The third-order valence-electron chi connectivity index (χ3n) is 4.39. The van der Waals surface area contributed by atoms with Gasteiger partial charge in [-0.1, -0.05) is 42.1 Å². The predicted molar refractivity (Wildman–Crippen MR) is 85.6 cm³/mol. The highest BCUT2D eigenvalue weighted by Crippen LogP contribution is 2.33. The second-order valence-electron chi connectivity index (χ2n) is 6.17. The predicted octanol–water partition coefficient (Wildman–Crippen LogP) is 4.61. The largest absolute Gasteiger partial charge is 0.339 e. The Labute approximate surface area is 127 Å². The van der Waals surface area contributed by atoms with Crippen LogP contribution in [0.25, 0.3) is 0 Å². The number of amides is 1. The van der Waals surface area contributed by atoms with Gasteiger partial charge in [-0.2, -0.15) is 0 Å². The molecule has 1 fully saturated rings. The Kier molecular flexibility index (Phi) is 8.05. The lowest BCUT2D eigenvalue weighted by molar-refractivity contribution is -0.138. The molecule has 0 spiro atoms. The minimum atomic E-state index is 0.291. The molecule has 1 saturated carbocycles. The third-order valence-corrected chi connectivity index (χ3v) is 4.75. The molecule has 3 heteroatoms. The first-order valence-corrected chi connectivity index (χ1v) is 9.08. The molecule has 1 rings (SSSR count). The Morgan fingerprint density at radius 1 is 1.26 bits per heavy atom. The molecule has 0 atom stereocenters.